The number of hydrogen-bond donors (Lipinski definition) is 1. The third-order valence-electron chi connectivity index (χ3n) is 3.61. The van der Waals surface area contributed by atoms with Crippen LogP contribution in [0.3, 0.4) is 0 Å². The molecule has 1 aliphatic carbocycles. The molecule has 0 amide bonds. The van der Waals surface area contributed by atoms with Crippen LogP contribution in [-0.4, -0.2) is 36.4 Å². The van der Waals surface area contributed by atoms with Crippen molar-refractivity contribution in [1.82, 2.24) is 5.32 Å². The lowest BCUT2D eigenvalue weighted by Crippen LogP contribution is -2.57. The van der Waals surface area contributed by atoms with E-state index in [-0.39, 0.29) is 17.7 Å². The molecule has 1 saturated carbocycles. The molecule has 0 spiro atoms. The lowest BCUT2D eigenvalue weighted by atomic mass is 9.79. The van der Waals surface area contributed by atoms with Gasteiger partial charge in [0.2, 0.25) is 0 Å². The van der Waals surface area contributed by atoms with Crippen LogP contribution in [-0.2, 0) is 14.3 Å². The molecule has 0 saturated heterocycles. The number of rotatable bonds is 6. The van der Waals surface area contributed by atoms with Crippen molar-refractivity contribution in [3.63, 3.8) is 0 Å². The zero-order valence-corrected chi connectivity index (χ0v) is 13.8. The number of ether oxygens (including phenoxy) is 2. The number of carbonyl (C=O) groups excluding carboxylic acids is 1. The molecule has 1 aliphatic rings. The van der Waals surface area contributed by atoms with E-state index in [9.17, 15) is 4.79 Å². The number of hydrogen-bond acceptors (Lipinski definition) is 4. The largest absolute Gasteiger partial charge is 0.465 e. The van der Waals surface area contributed by atoms with Gasteiger partial charge >= 0.3 is 5.97 Å². The second-order valence-corrected chi connectivity index (χ2v) is 6.68. The van der Waals surface area contributed by atoms with Crippen LogP contribution in [0.15, 0.2) is 0 Å². The summed E-state index contributed by atoms with van der Waals surface area (Å²) < 4.78 is 11.4. The Bertz CT molecular complexity index is 311. The van der Waals surface area contributed by atoms with E-state index in [0.29, 0.717) is 13.0 Å². The minimum atomic E-state index is -0.555. The van der Waals surface area contributed by atoms with Crippen LogP contribution in [0, 0.1) is 0 Å². The molecular weight excluding hydrogens is 254 g/mol. The Morgan fingerprint density at radius 1 is 1.35 bits per heavy atom. The van der Waals surface area contributed by atoms with Crippen molar-refractivity contribution in [2.45, 2.75) is 84.0 Å². The lowest BCUT2D eigenvalue weighted by molar-refractivity contribution is -0.158. The van der Waals surface area contributed by atoms with Crippen molar-refractivity contribution in [1.29, 1.82) is 0 Å². The first kappa shape index (κ1) is 17.4. The molecule has 0 bridgehead atoms. The summed E-state index contributed by atoms with van der Waals surface area (Å²) in [5, 5.41) is 3.43. The Labute approximate surface area is 123 Å². The van der Waals surface area contributed by atoms with Gasteiger partial charge in [0.1, 0.15) is 5.54 Å². The molecule has 1 N–H and O–H groups in total. The van der Waals surface area contributed by atoms with Crippen molar-refractivity contribution >= 4 is 5.97 Å². The molecule has 0 aromatic carbocycles. The maximum atomic E-state index is 12.4. The summed E-state index contributed by atoms with van der Waals surface area (Å²) >= 11 is 0. The Morgan fingerprint density at radius 3 is 2.60 bits per heavy atom. The summed E-state index contributed by atoms with van der Waals surface area (Å²) in [6.07, 6.45) is 4.70. The highest BCUT2D eigenvalue weighted by Crippen LogP contribution is 2.33. The van der Waals surface area contributed by atoms with Crippen molar-refractivity contribution in [2.75, 3.05) is 13.2 Å². The zero-order valence-electron chi connectivity index (χ0n) is 13.8. The third kappa shape index (κ3) is 5.06. The second-order valence-electron chi connectivity index (χ2n) is 6.68. The minimum absolute atomic E-state index is 0.115. The molecule has 1 rings (SSSR count). The zero-order chi connectivity index (χ0) is 15.2. The molecule has 0 radical (unpaired) electrons. The van der Waals surface area contributed by atoms with E-state index in [1.165, 1.54) is 0 Å². The first-order chi connectivity index (χ1) is 9.33. The molecule has 0 aliphatic heterocycles. The van der Waals surface area contributed by atoms with E-state index in [2.05, 4.69) is 33.0 Å². The standard InChI is InChI=1S/C16H31NO3/c1-6-11-17-16(14(18)19-7-2)10-8-9-13(12-16)20-15(3,4)5/h13,17H,6-12H2,1-5H3. The van der Waals surface area contributed by atoms with Crippen LogP contribution in [0.4, 0.5) is 0 Å². The molecule has 4 nitrogen and oxygen atoms in total. The van der Waals surface area contributed by atoms with E-state index in [1.54, 1.807) is 0 Å². The van der Waals surface area contributed by atoms with Gasteiger partial charge in [-0.2, -0.15) is 0 Å². The van der Waals surface area contributed by atoms with Gasteiger partial charge in [-0.25, -0.2) is 0 Å². The second kappa shape index (κ2) is 7.41. The van der Waals surface area contributed by atoms with Crippen molar-refractivity contribution in [3.05, 3.63) is 0 Å². The Morgan fingerprint density at radius 2 is 2.05 bits per heavy atom. The van der Waals surface area contributed by atoms with Crippen LogP contribution in [0.5, 0.6) is 0 Å². The maximum absolute atomic E-state index is 12.4. The molecule has 0 aromatic rings. The number of nitrogens with one attached hydrogen (secondary N) is 1. The van der Waals surface area contributed by atoms with Crippen LogP contribution < -0.4 is 5.32 Å². The smallest absolute Gasteiger partial charge is 0.326 e. The summed E-state index contributed by atoms with van der Waals surface area (Å²) in [5.41, 5.74) is -0.729. The fourth-order valence-electron chi connectivity index (χ4n) is 2.88. The Kier molecular flexibility index (Phi) is 6.46. The highest BCUT2D eigenvalue weighted by molar-refractivity contribution is 5.81. The molecule has 4 heteroatoms. The Balaban J connectivity index is 2.78. The van der Waals surface area contributed by atoms with Crippen molar-refractivity contribution < 1.29 is 14.3 Å². The fraction of sp³-hybridized carbons (Fsp3) is 0.938. The molecule has 118 valence electrons. The van der Waals surface area contributed by atoms with Gasteiger partial charge in [0.25, 0.3) is 0 Å². The lowest BCUT2D eigenvalue weighted by Gasteiger charge is -2.41. The number of esters is 1. The van der Waals surface area contributed by atoms with Crippen LogP contribution in [0.25, 0.3) is 0 Å². The van der Waals surface area contributed by atoms with Crippen LogP contribution in [0.2, 0.25) is 0 Å². The van der Waals surface area contributed by atoms with Gasteiger partial charge in [0.15, 0.2) is 0 Å². The van der Waals surface area contributed by atoms with Crippen molar-refractivity contribution in [2.24, 2.45) is 0 Å². The quantitative estimate of drug-likeness (QED) is 0.762. The highest BCUT2D eigenvalue weighted by atomic mass is 16.5. The van der Waals surface area contributed by atoms with Crippen LogP contribution >= 0.6 is 0 Å². The van der Waals surface area contributed by atoms with E-state index >= 15 is 0 Å². The van der Waals surface area contributed by atoms with Gasteiger partial charge in [0.05, 0.1) is 18.3 Å². The van der Waals surface area contributed by atoms with Crippen molar-refractivity contribution in [3.8, 4) is 0 Å². The van der Waals surface area contributed by atoms with Gasteiger partial charge in [-0.05, 0) is 59.9 Å². The Hall–Kier alpha value is -0.610. The average molecular weight is 285 g/mol. The van der Waals surface area contributed by atoms with E-state index in [4.69, 9.17) is 9.47 Å². The summed E-state index contributed by atoms with van der Waals surface area (Å²) in [5.74, 6) is -0.115. The highest BCUT2D eigenvalue weighted by Gasteiger charge is 2.44. The topological polar surface area (TPSA) is 47.6 Å². The monoisotopic (exact) mass is 285 g/mol. The van der Waals surface area contributed by atoms with Gasteiger partial charge in [0, 0.05) is 6.42 Å². The van der Waals surface area contributed by atoms with Crippen LogP contribution in [0.1, 0.15) is 66.7 Å². The predicted molar refractivity (Wildman–Crippen MR) is 80.8 cm³/mol. The molecule has 2 atom stereocenters. The first-order valence-electron chi connectivity index (χ1n) is 7.93. The van der Waals surface area contributed by atoms with Gasteiger partial charge in [-0.3, -0.25) is 4.79 Å². The maximum Gasteiger partial charge on any atom is 0.326 e. The summed E-state index contributed by atoms with van der Waals surface area (Å²) in [4.78, 5) is 12.4. The molecular formula is C16H31NO3. The summed E-state index contributed by atoms with van der Waals surface area (Å²) in [6, 6.07) is 0. The van der Waals surface area contributed by atoms with E-state index in [0.717, 1.165) is 32.2 Å². The normalized spacial score (nSPS) is 27.4. The average Bonchev–Trinajstić information content (AvgIpc) is 2.35. The summed E-state index contributed by atoms with van der Waals surface area (Å²) in [7, 11) is 0. The van der Waals surface area contributed by atoms with E-state index < -0.39 is 5.54 Å². The van der Waals surface area contributed by atoms with Gasteiger partial charge in [-0.15, -0.1) is 0 Å². The minimum Gasteiger partial charge on any atom is -0.465 e. The molecule has 0 heterocycles. The molecule has 0 aromatic heterocycles. The first-order valence-corrected chi connectivity index (χ1v) is 7.93. The fourth-order valence-corrected chi connectivity index (χ4v) is 2.88. The van der Waals surface area contributed by atoms with Gasteiger partial charge < -0.3 is 14.8 Å². The number of carbonyl (C=O) groups is 1. The molecule has 1 fully saturated rings. The molecule has 20 heavy (non-hydrogen) atoms. The third-order valence-corrected chi connectivity index (χ3v) is 3.61. The molecule has 2 unspecified atom stereocenters. The SMILES string of the molecule is CCCNC1(C(=O)OCC)CCCC(OC(C)(C)C)C1. The van der Waals surface area contributed by atoms with E-state index in [1.807, 2.05) is 6.92 Å². The van der Waals surface area contributed by atoms with Gasteiger partial charge in [-0.1, -0.05) is 6.92 Å². The predicted octanol–water partition coefficient (Wildman–Crippen LogP) is 3.05. The summed E-state index contributed by atoms with van der Waals surface area (Å²) in [6.45, 7) is 11.4.